The molecule has 0 saturated carbocycles. The van der Waals surface area contributed by atoms with Crippen LogP contribution in [0.15, 0.2) is 24.3 Å². The number of amides is 2. The van der Waals surface area contributed by atoms with Gasteiger partial charge < -0.3 is 15.0 Å². The molecule has 1 aliphatic heterocycles. The van der Waals surface area contributed by atoms with E-state index in [1.165, 1.54) is 12.1 Å². The second-order valence-corrected chi connectivity index (χ2v) is 9.05. The molecule has 3 rings (SSSR count). The van der Waals surface area contributed by atoms with E-state index in [1.807, 2.05) is 39.5 Å². The fourth-order valence-electron chi connectivity index (χ4n) is 3.83. The van der Waals surface area contributed by atoms with Crippen molar-refractivity contribution in [2.24, 2.45) is 5.92 Å². The van der Waals surface area contributed by atoms with E-state index in [0.717, 1.165) is 18.5 Å². The molecular formula is C23H31FN4O3. The van der Waals surface area contributed by atoms with Crippen molar-refractivity contribution in [2.45, 2.75) is 53.1 Å². The van der Waals surface area contributed by atoms with Gasteiger partial charge in [-0.05, 0) is 77.6 Å². The highest BCUT2D eigenvalue weighted by atomic mass is 19.1. The number of likely N-dealkylation sites (tertiary alicyclic amines) is 1. The summed E-state index contributed by atoms with van der Waals surface area (Å²) in [6, 6.07) is 6.05. The van der Waals surface area contributed by atoms with E-state index in [1.54, 1.807) is 16.8 Å². The van der Waals surface area contributed by atoms with Gasteiger partial charge in [0.25, 0.3) is 5.91 Å². The van der Waals surface area contributed by atoms with E-state index < -0.39 is 11.7 Å². The molecule has 2 heterocycles. The Hall–Kier alpha value is -2.90. The minimum Gasteiger partial charge on any atom is -0.444 e. The third-order valence-electron chi connectivity index (χ3n) is 5.41. The predicted octanol–water partition coefficient (Wildman–Crippen LogP) is 4.01. The molecule has 0 spiro atoms. The first-order valence-electron chi connectivity index (χ1n) is 10.6. The van der Waals surface area contributed by atoms with Gasteiger partial charge in [-0.25, -0.2) is 13.9 Å². The van der Waals surface area contributed by atoms with Crippen LogP contribution in [-0.4, -0.2) is 51.9 Å². The quantitative estimate of drug-likeness (QED) is 0.795. The molecule has 1 fully saturated rings. The summed E-state index contributed by atoms with van der Waals surface area (Å²) >= 11 is 0. The SMILES string of the molecule is Cc1nn(-c2ccc(F)cc2)c(C)c1C(=O)N1CCC(CNC(=O)OC(C)(C)C)CC1. The Balaban J connectivity index is 1.60. The molecule has 0 bridgehead atoms. The third-order valence-corrected chi connectivity index (χ3v) is 5.41. The second kappa shape index (κ2) is 9.08. The summed E-state index contributed by atoms with van der Waals surface area (Å²) in [6.45, 7) is 11.0. The average molecular weight is 431 g/mol. The number of carbonyl (C=O) groups is 2. The lowest BCUT2D eigenvalue weighted by molar-refractivity contribution is 0.0500. The van der Waals surface area contributed by atoms with Crippen LogP contribution in [0.4, 0.5) is 9.18 Å². The Morgan fingerprint density at radius 3 is 2.35 bits per heavy atom. The molecule has 0 unspecified atom stereocenters. The summed E-state index contributed by atoms with van der Waals surface area (Å²) in [4.78, 5) is 26.9. The van der Waals surface area contributed by atoms with Gasteiger partial charge in [0.15, 0.2) is 0 Å². The van der Waals surface area contributed by atoms with Gasteiger partial charge in [0.05, 0.1) is 22.6 Å². The number of aryl methyl sites for hydroxylation is 1. The lowest BCUT2D eigenvalue weighted by Crippen LogP contribution is -2.42. The van der Waals surface area contributed by atoms with Crippen molar-refractivity contribution in [3.8, 4) is 5.69 Å². The van der Waals surface area contributed by atoms with E-state index >= 15 is 0 Å². The highest BCUT2D eigenvalue weighted by Crippen LogP contribution is 2.23. The predicted molar refractivity (Wildman–Crippen MR) is 116 cm³/mol. The zero-order chi connectivity index (χ0) is 22.8. The molecular weight excluding hydrogens is 399 g/mol. The van der Waals surface area contributed by atoms with Crippen LogP contribution < -0.4 is 5.32 Å². The lowest BCUT2D eigenvalue weighted by atomic mass is 9.96. The largest absolute Gasteiger partial charge is 0.444 e. The van der Waals surface area contributed by atoms with Gasteiger partial charge in [0, 0.05) is 19.6 Å². The topological polar surface area (TPSA) is 76.5 Å². The minimum atomic E-state index is -0.520. The maximum atomic E-state index is 13.2. The molecule has 1 aliphatic rings. The molecule has 0 radical (unpaired) electrons. The number of benzene rings is 1. The monoisotopic (exact) mass is 430 g/mol. The number of piperidine rings is 1. The van der Waals surface area contributed by atoms with Crippen molar-refractivity contribution in [3.05, 3.63) is 47.0 Å². The average Bonchev–Trinajstić information content (AvgIpc) is 2.99. The lowest BCUT2D eigenvalue weighted by Gasteiger charge is -2.32. The number of alkyl carbamates (subject to hydrolysis) is 1. The van der Waals surface area contributed by atoms with Gasteiger partial charge in [0.1, 0.15) is 11.4 Å². The highest BCUT2D eigenvalue weighted by molar-refractivity contribution is 5.96. The molecule has 1 aromatic heterocycles. The normalized spacial score (nSPS) is 15.1. The zero-order valence-electron chi connectivity index (χ0n) is 18.9. The van der Waals surface area contributed by atoms with Gasteiger partial charge in [0.2, 0.25) is 0 Å². The zero-order valence-corrected chi connectivity index (χ0v) is 18.9. The van der Waals surface area contributed by atoms with Crippen molar-refractivity contribution in [2.75, 3.05) is 19.6 Å². The van der Waals surface area contributed by atoms with E-state index in [-0.39, 0.29) is 11.7 Å². The Labute approximate surface area is 182 Å². The Bertz CT molecular complexity index is 939. The Kier molecular flexibility index (Phi) is 6.67. The number of carbonyl (C=O) groups excluding carboxylic acids is 2. The Morgan fingerprint density at radius 2 is 1.77 bits per heavy atom. The summed E-state index contributed by atoms with van der Waals surface area (Å²) in [7, 11) is 0. The highest BCUT2D eigenvalue weighted by Gasteiger charge is 2.28. The summed E-state index contributed by atoms with van der Waals surface area (Å²) in [5.41, 5.74) is 2.18. The number of halogens is 1. The minimum absolute atomic E-state index is 0.0399. The number of hydrogen-bond donors (Lipinski definition) is 1. The van der Waals surface area contributed by atoms with Crippen LogP contribution >= 0.6 is 0 Å². The maximum Gasteiger partial charge on any atom is 0.407 e. The van der Waals surface area contributed by atoms with Crippen LogP contribution in [0.2, 0.25) is 0 Å². The van der Waals surface area contributed by atoms with Crippen LogP contribution in [0.3, 0.4) is 0 Å². The first-order valence-corrected chi connectivity index (χ1v) is 10.6. The van der Waals surface area contributed by atoms with Crippen LogP contribution in [0, 0.1) is 25.6 Å². The van der Waals surface area contributed by atoms with Crippen LogP contribution in [0.25, 0.3) is 5.69 Å². The van der Waals surface area contributed by atoms with Gasteiger partial charge in [-0.15, -0.1) is 0 Å². The van der Waals surface area contributed by atoms with E-state index in [9.17, 15) is 14.0 Å². The van der Waals surface area contributed by atoms with E-state index in [4.69, 9.17) is 4.74 Å². The molecule has 0 aliphatic carbocycles. The summed E-state index contributed by atoms with van der Waals surface area (Å²) in [5, 5.41) is 7.33. The van der Waals surface area contributed by atoms with Crippen molar-refractivity contribution in [1.29, 1.82) is 0 Å². The third kappa shape index (κ3) is 5.62. The molecule has 8 heteroatoms. The standard InChI is InChI=1S/C23H31FN4O3/c1-15-20(16(2)28(26-15)19-8-6-18(24)7-9-19)21(29)27-12-10-17(11-13-27)14-25-22(30)31-23(3,4)5/h6-9,17H,10-14H2,1-5H3,(H,25,30). The molecule has 1 saturated heterocycles. The van der Waals surface area contributed by atoms with Gasteiger partial charge >= 0.3 is 6.09 Å². The van der Waals surface area contributed by atoms with Gasteiger partial charge in [-0.3, -0.25) is 4.79 Å². The molecule has 31 heavy (non-hydrogen) atoms. The fraction of sp³-hybridized carbons (Fsp3) is 0.522. The van der Waals surface area contributed by atoms with Crippen molar-refractivity contribution in [1.82, 2.24) is 20.0 Å². The number of aromatic nitrogens is 2. The number of rotatable bonds is 4. The first-order chi connectivity index (χ1) is 14.5. The summed E-state index contributed by atoms with van der Waals surface area (Å²) < 4.78 is 20.2. The number of nitrogens with zero attached hydrogens (tertiary/aromatic N) is 3. The van der Waals surface area contributed by atoms with E-state index in [0.29, 0.717) is 42.5 Å². The van der Waals surface area contributed by atoms with Gasteiger partial charge in [-0.1, -0.05) is 0 Å². The fourth-order valence-corrected chi connectivity index (χ4v) is 3.83. The molecule has 7 nitrogen and oxygen atoms in total. The molecule has 2 amide bonds. The van der Waals surface area contributed by atoms with Crippen LogP contribution in [0.1, 0.15) is 55.4 Å². The van der Waals surface area contributed by atoms with Crippen molar-refractivity contribution >= 4 is 12.0 Å². The molecule has 1 aromatic carbocycles. The summed E-state index contributed by atoms with van der Waals surface area (Å²) in [6.07, 6.45) is 1.21. The van der Waals surface area contributed by atoms with Gasteiger partial charge in [-0.2, -0.15) is 5.10 Å². The molecule has 168 valence electrons. The number of hydrogen-bond acceptors (Lipinski definition) is 4. The summed E-state index contributed by atoms with van der Waals surface area (Å²) in [5.74, 6) is -0.0479. The van der Waals surface area contributed by atoms with Crippen molar-refractivity contribution < 1.29 is 18.7 Å². The molecule has 0 atom stereocenters. The molecule has 2 aromatic rings. The van der Waals surface area contributed by atoms with Crippen LogP contribution in [0.5, 0.6) is 0 Å². The smallest absolute Gasteiger partial charge is 0.407 e. The van der Waals surface area contributed by atoms with Crippen molar-refractivity contribution in [3.63, 3.8) is 0 Å². The van der Waals surface area contributed by atoms with Crippen LogP contribution in [-0.2, 0) is 4.74 Å². The second-order valence-electron chi connectivity index (χ2n) is 9.05. The number of ether oxygens (including phenoxy) is 1. The molecule has 1 N–H and O–H groups in total. The first kappa shape index (κ1) is 22.8. The Morgan fingerprint density at radius 1 is 1.16 bits per heavy atom. The maximum absolute atomic E-state index is 13.2. The van der Waals surface area contributed by atoms with E-state index in [2.05, 4.69) is 10.4 Å². The number of nitrogens with one attached hydrogen (secondary N) is 1.